The molecule has 0 aliphatic heterocycles. The third-order valence-corrected chi connectivity index (χ3v) is 3.31. The average molecular weight is 249 g/mol. The Morgan fingerprint density at radius 3 is 3.06 bits per heavy atom. The second-order valence-corrected chi connectivity index (χ2v) is 4.99. The van der Waals surface area contributed by atoms with Gasteiger partial charge >= 0.3 is 0 Å². The monoisotopic (exact) mass is 249 g/mol. The molecule has 0 unspecified atom stereocenters. The molecule has 0 saturated heterocycles. The van der Waals surface area contributed by atoms with E-state index in [2.05, 4.69) is 14.7 Å². The molecule has 3 rings (SSSR count). The van der Waals surface area contributed by atoms with Gasteiger partial charge in [0.05, 0.1) is 0 Å². The van der Waals surface area contributed by atoms with Gasteiger partial charge in [0.1, 0.15) is 11.6 Å². The summed E-state index contributed by atoms with van der Waals surface area (Å²) in [4.78, 5) is 4.39. The Labute approximate surface area is 103 Å². The van der Waals surface area contributed by atoms with E-state index in [1.54, 1.807) is 6.07 Å². The predicted octanol–water partition coefficient (Wildman–Crippen LogP) is 2.84. The van der Waals surface area contributed by atoms with Gasteiger partial charge in [-0.3, -0.25) is 0 Å². The van der Waals surface area contributed by atoms with E-state index in [1.807, 2.05) is 6.07 Å². The molecule has 1 aliphatic rings. The molecule has 0 atom stereocenters. The van der Waals surface area contributed by atoms with Crippen molar-refractivity contribution in [3.8, 4) is 0 Å². The van der Waals surface area contributed by atoms with Gasteiger partial charge in [-0.15, -0.1) is 0 Å². The van der Waals surface area contributed by atoms with Gasteiger partial charge in [-0.05, 0) is 30.5 Å². The fraction of sp³-hybridized carbons (Fsp3) is 0.333. The summed E-state index contributed by atoms with van der Waals surface area (Å²) in [5.41, 5.74) is 0.903. The summed E-state index contributed by atoms with van der Waals surface area (Å²) in [6.07, 6.45) is 3.03. The molecule has 0 radical (unpaired) electrons. The number of halogens is 1. The highest BCUT2D eigenvalue weighted by molar-refractivity contribution is 7.09. The summed E-state index contributed by atoms with van der Waals surface area (Å²) in [6.45, 7) is 0. The molecule has 1 aromatic heterocycles. The van der Waals surface area contributed by atoms with Crippen LogP contribution >= 0.6 is 11.5 Å². The minimum atomic E-state index is -0.214. The minimum Gasteiger partial charge on any atom is -0.358 e. The van der Waals surface area contributed by atoms with Gasteiger partial charge in [0, 0.05) is 24.0 Å². The molecule has 1 fully saturated rings. The van der Waals surface area contributed by atoms with Gasteiger partial charge in [0.25, 0.3) is 0 Å². The summed E-state index contributed by atoms with van der Waals surface area (Å²) >= 11 is 1.38. The number of nitrogens with zero attached hydrogens (tertiary/aromatic N) is 2. The maximum absolute atomic E-state index is 13.0. The lowest BCUT2D eigenvalue weighted by molar-refractivity contribution is 0.626. The molecular formula is C12H12FN3S. The highest BCUT2D eigenvalue weighted by Gasteiger charge is 2.22. The third kappa shape index (κ3) is 2.79. The van der Waals surface area contributed by atoms with Crippen LogP contribution in [0.2, 0.25) is 0 Å². The summed E-state index contributed by atoms with van der Waals surface area (Å²) in [6, 6.07) is 7.15. The van der Waals surface area contributed by atoms with Crippen LogP contribution in [0, 0.1) is 5.82 Å². The smallest absolute Gasteiger partial charge is 0.202 e. The Hall–Kier alpha value is -1.49. The van der Waals surface area contributed by atoms with Crippen LogP contribution in [0.3, 0.4) is 0 Å². The van der Waals surface area contributed by atoms with Crippen LogP contribution in [0.5, 0.6) is 0 Å². The Morgan fingerprint density at radius 2 is 2.29 bits per heavy atom. The third-order valence-electron chi connectivity index (χ3n) is 2.62. The number of benzene rings is 1. The highest BCUT2D eigenvalue weighted by Crippen LogP contribution is 2.25. The first-order valence-electron chi connectivity index (χ1n) is 5.63. The standard InChI is InChI=1S/C12H12FN3S/c13-9-3-1-2-8(6-9)7-11-15-12(17-16-11)14-10-4-5-10/h1-3,6,10H,4-5,7H2,(H,14,15,16). The zero-order chi connectivity index (χ0) is 11.7. The lowest BCUT2D eigenvalue weighted by Gasteiger charge is -1.97. The zero-order valence-electron chi connectivity index (χ0n) is 9.19. The van der Waals surface area contributed by atoms with Gasteiger partial charge in [0.2, 0.25) is 5.13 Å². The van der Waals surface area contributed by atoms with Gasteiger partial charge < -0.3 is 5.32 Å². The van der Waals surface area contributed by atoms with Crippen LogP contribution in [0.15, 0.2) is 24.3 Å². The molecule has 1 saturated carbocycles. The highest BCUT2D eigenvalue weighted by atomic mass is 32.1. The molecule has 17 heavy (non-hydrogen) atoms. The van der Waals surface area contributed by atoms with Gasteiger partial charge in [0.15, 0.2) is 0 Å². The normalized spacial score (nSPS) is 14.9. The van der Waals surface area contributed by atoms with Gasteiger partial charge in [-0.2, -0.15) is 4.37 Å². The van der Waals surface area contributed by atoms with Crippen molar-refractivity contribution >= 4 is 16.7 Å². The van der Waals surface area contributed by atoms with E-state index in [-0.39, 0.29) is 5.82 Å². The van der Waals surface area contributed by atoms with E-state index in [9.17, 15) is 4.39 Å². The second kappa shape index (κ2) is 4.41. The molecule has 2 aromatic rings. The van der Waals surface area contributed by atoms with E-state index < -0.39 is 0 Å². The number of anilines is 1. The molecule has 5 heteroatoms. The van der Waals surface area contributed by atoms with Crippen LogP contribution in [0.4, 0.5) is 9.52 Å². The van der Waals surface area contributed by atoms with Crippen LogP contribution in [0.25, 0.3) is 0 Å². The lowest BCUT2D eigenvalue weighted by atomic mass is 10.1. The zero-order valence-corrected chi connectivity index (χ0v) is 10.0. The number of rotatable bonds is 4. The topological polar surface area (TPSA) is 37.8 Å². The number of hydrogen-bond acceptors (Lipinski definition) is 4. The molecule has 1 aliphatic carbocycles. The summed E-state index contributed by atoms with van der Waals surface area (Å²) in [7, 11) is 0. The van der Waals surface area contributed by atoms with Crippen LogP contribution in [0.1, 0.15) is 24.2 Å². The van der Waals surface area contributed by atoms with Crippen LogP contribution < -0.4 is 5.32 Å². The quantitative estimate of drug-likeness (QED) is 0.905. The first-order valence-corrected chi connectivity index (χ1v) is 6.40. The maximum atomic E-state index is 13.0. The Balaban J connectivity index is 1.69. The Morgan fingerprint density at radius 1 is 1.41 bits per heavy atom. The van der Waals surface area contributed by atoms with Crippen LogP contribution in [-0.4, -0.2) is 15.4 Å². The fourth-order valence-corrected chi connectivity index (χ4v) is 2.28. The average Bonchev–Trinajstić information content (AvgIpc) is 2.99. The summed E-state index contributed by atoms with van der Waals surface area (Å²) < 4.78 is 17.3. The second-order valence-electron chi connectivity index (χ2n) is 4.24. The molecule has 1 aromatic carbocycles. The van der Waals surface area contributed by atoms with Crippen molar-refractivity contribution in [2.75, 3.05) is 5.32 Å². The fourth-order valence-electron chi connectivity index (χ4n) is 1.62. The summed E-state index contributed by atoms with van der Waals surface area (Å²) in [5, 5.41) is 4.18. The molecular weight excluding hydrogens is 237 g/mol. The van der Waals surface area contributed by atoms with Gasteiger partial charge in [-0.1, -0.05) is 12.1 Å². The predicted molar refractivity (Wildman–Crippen MR) is 65.8 cm³/mol. The number of hydrogen-bond donors (Lipinski definition) is 1. The van der Waals surface area contributed by atoms with E-state index in [0.29, 0.717) is 12.5 Å². The SMILES string of the molecule is Fc1cccc(Cc2nsc(NC3CC3)n2)c1. The maximum Gasteiger partial charge on any atom is 0.202 e. The van der Waals surface area contributed by atoms with E-state index >= 15 is 0 Å². The molecule has 0 spiro atoms. The van der Waals surface area contributed by atoms with Crippen molar-refractivity contribution in [1.29, 1.82) is 0 Å². The first-order chi connectivity index (χ1) is 8.29. The van der Waals surface area contributed by atoms with Crippen molar-refractivity contribution in [2.45, 2.75) is 25.3 Å². The molecule has 1 N–H and O–H groups in total. The number of aromatic nitrogens is 2. The van der Waals surface area contributed by atoms with Crippen molar-refractivity contribution in [3.05, 3.63) is 41.5 Å². The lowest BCUT2D eigenvalue weighted by Crippen LogP contribution is -2.00. The molecule has 0 amide bonds. The van der Waals surface area contributed by atoms with Gasteiger partial charge in [-0.25, -0.2) is 9.37 Å². The minimum absolute atomic E-state index is 0.214. The molecule has 0 bridgehead atoms. The molecule has 3 nitrogen and oxygen atoms in total. The van der Waals surface area contributed by atoms with Crippen molar-refractivity contribution in [1.82, 2.24) is 9.36 Å². The van der Waals surface area contributed by atoms with E-state index in [0.717, 1.165) is 16.5 Å². The molecule has 88 valence electrons. The Kier molecular flexibility index (Phi) is 2.76. The van der Waals surface area contributed by atoms with E-state index in [1.165, 1.54) is 36.5 Å². The number of nitrogens with one attached hydrogen (secondary N) is 1. The van der Waals surface area contributed by atoms with Crippen molar-refractivity contribution in [2.24, 2.45) is 0 Å². The molecule has 1 heterocycles. The van der Waals surface area contributed by atoms with E-state index in [4.69, 9.17) is 0 Å². The Bertz CT molecular complexity index is 522. The largest absolute Gasteiger partial charge is 0.358 e. The van der Waals surface area contributed by atoms with Crippen molar-refractivity contribution in [3.63, 3.8) is 0 Å². The first kappa shape index (κ1) is 10.7. The summed E-state index contributed by atoms with van der Waals surface area (Å²) in [5.74, 6) is 0.540. The van der Waals surface area contributed by atoms with Crippen molar-refractivity contribution < 1.29 is 4.39 Å². The van der Waals surface area contributed by atoms with Crippen LogP contribution in [-0.2, 0) is 6.42 Å².